The van der Waals surface area contributed by atoms with Crippen LogP contribution >= 0.6 is 0 Å². The second-order valence-corrected chi connectivity index (χ2v) is 0.971. The Labute approximate surface area is 51.4 Å². The molecule has 3 nitrogen and oxygen atoms in total. The molecular formula is C3H2N2OPd. The third kappa shape index (κ3) is 3.41. The molecule has 0 rings (SSSR count). The van der Waals surface area contributed by atoms with Crippen molar-refractivity contribution in [3.63, 3.8) is 0 Å². The van der Waals surface area contributed by atoms with Crippen LogP contribution in [0.25, 0.3) is 0 Å². The van der Waals surface area contributed by atoms with E-state index in [4.69, 9.17) is 0 Å². The number of hydrogen-bond donors (Lipinski definition) is 0. The molecule has 0 aliphatic rings. The SMILES string of the molecule is C=C=NC(=O)[N]=[Pd]. The molecule has 0 spiro atoms. The third-order valence-corrected chi connectivity index (χ3v) is 0.533. The number of nitrogens with zero attached hydrogens (tertiary/aromatic N) is 2. The van der Waals surface area contributed by atoms with Crippen molar-refractivity contribution in [2.24, 2.45) is 8.56 Å². The van der Waals surface area contributed by atoms with Crippen molar-refractivity contribution in [3.8, 4) is 0 Å². The third-order valence-electron chi connectivity index (χ3n) is 0.235. The summed E-state index contributed by atoms with van der Waals surface area (Å²) in [5, 5.41) is 0. The van der Waals surface area contributed by atoms with Crippen LogP contribution in [0.4, 0.5) is 4.79 Å². The molecule has 0 aliphatic heterocycles. The molecule has 0 bridgehead atoms. The van der Waals surface area contributed by atoms with E-state index in [1.54, 1.807) is 0 Å². The fraction of sp³-hybridized carbons (Fsp3) is 0. The van der Waals surface area contributed by atoms with E-state index in [2.05, 4.69) is 34.2 Å². The second kappa shape index (κ2) is 3.76. The number of aliphatic imine (C=N–C) groups is 1. The maximum absolute atomic E-state index is 9.94. The Bertz CT molecular complexity index is 136. The van der Waals surface area contributed by atoms with Crippen LogP contribution in [0.3, 0.4) is 0 Å². The summed E-state index contributed by atoms with van der Waals surface area (Å²) in [6, 6.07) is -0.613. The Kier molecular flexibility index (Phi) is 3.54. The molecule has 0 N–H and O–H groups in total. The molecule has 2 amide bonds. The molecule has 0 heterocycles. The summed E-state index contributed by atoms with van der Waals surface area (Å²) in [6.45, 7) is 3.06. The molecule has 0 unspecified atom stereocenters. The first-order chi connectivity index (χ1) is 3.31. The molecule has 0 aliphatic carbocycles. The van der Waals surface area contributed by atoms with Crippen molar-refractivity contribution in [1.82, 2.24) is 0 Å². The summed E-state index contributed by atoms with van der Waals surface area (Å²) < 4.78 is 3.02. The summed E-state index contributed by atoms with van der Waals surface area (Å²) >= 11 is 2.30. The normalized spacial score (nSPS) is 6.57. The quantitative estimate of drug-likeness (QED) is 0.407. The Hall–Kier alpha value is -0.418. The minimum atomic E-state index is -0.613. The molecule has 0 atom stereocenters. The molecule has 4 heteroatoms. The minimum absolute atomic E-state index is 0.613. The van der Waals surface area contributed by atoms with Gasteiger partial charge >= 0.3 is 50.9 Å². The van der Waals surface area contributed by atoms with Gasteiger partial charge in [0.15, 0.2) is 0 Å². The number of hydrogen-bond acceptors (Lipinski definition) is 1. The van der Waals surface area contributed by atoms with Gasteiger partial charge in [-0.05, 0) is 0 Å². The molecule has 0 aromatic rings. The van der Waals surface area contributed by atoms with Crippen LogP contribution < -0.4 is 0 Å². The van der Waals surface area contributed by atoms with Gasteiger partial charge in [-0.1, -0.05) is 0 Å². The van der Waals surface area contributed by atoms with Crippen LogP contribution in [0.5, 0.6) is 0 Å². The van der Waals surface area contributed by atoms with Gasteiger partial charge in [-0.25, -0.2) is 0 Å². The Morgan fingerprint density at radius 1 is 1.86 bits per heavy atom. The number of amides is 2. The van der Waals surface area contributed by atoms with Crippen molar-refractivity contribution in [1.29, 1.82) is 0 Å². The van der Waals surface area contributed by atoms with Gasteiger partial charge in [-0.3, -0.25) is 0 Å². The molecule has 0 aromatic heterocycles. The van der Waals surface area contributed by atoms with Gasteiger partial charge in [-0.15, -0.1) is 0 Å². The maximum atomic E-state index is 9.94. The first-order valence-electron chi connectivity index (χ1n) is 1.37. The van der Waals surface area contributed by atoms with Crippen molar-refractivity contribution >= 4 is 11.9 Å². The van der Waals surface area contributed by atoms with Crippen LogP contribution in [-0.4, -0.2) is 11.9 Å². The van der Waals surface area contributed by atoms with Crippen LogP contribution in [0.2, 0.25) is 0 Å². The van der Waals surface area contributed by atoms with E-state index in [-0.39, 0.29) is 0 Å². The molecule has 40 valence electrons. The Balaban J connectivity index is 3.82. The second-order valence-electron chi connectivity index (χ2n) is 0.623. The van der Waals surface area contributed by atoms with E-state index in [0.717, 1.165) is 0 Å². The fourth-order valence-electron chi connectivity index (χ4n) is 0.0834. The van der Waals surface area contributed by atoms with E-state index in [1.807, 2.05) is 5.87 Å². The zero-order valence-electron chi connectivity index (χ0n) is 3.33. The van der Waals surface area contributed by atoms with E-state index in [9.17, 15) is 4.79 Å². The van der Waals surface area contributed by atoms with Crippen LogP contribution in [0.1, 0.15) is 0 Å². The number of rotatable bonds is 0. The summed E-state index contributed by atoms with van der Waals surface area (Å²) in [7, 11) is 0. The number of carbonyl (C=O) groups excluding carboxylic acids is 1. The predicted molar refractivity (Wildman–Crippen MR) is 20.9 cm³/mol. The molecule has 0 saturated carbocycles. The summed E-state index contributed by atoms with van der Waals surface area (Å²) in [6.07, 6.45) is 0. The molecule has 0 saturated heterocycles. The first kappa shape index (κ1) is 6.58. The molecule has 7 heavy (non-hydrogen) atoms. The zero-order valence-corrected chi connectivity index (χ0v) is 4.88. The predicted octanol–water partition coefficient (Wildman–Crippen LogP) is 0.693. The Morgan fingerprint density at radius 3 is 2.57 bits per heavy atom. The monoisotopic (exact) mass is 188 g/mol. The molecule has 0 fully saturated rings. The van der Waals surface area contributed by atoms with E-state index < -0.39 is 6.03 Å². The van der Waals surface area contributed by atoms with Crippen molar-refractivity contribution in [2.45, 2.75) is 0 Å². The van der Waals surface area contributed by atoms with Gasteiger partial charge in [0.25, 0.3) is 0 Å². The van der Waals surface area contributed by atoms with Gasteiger partial charge in [0.2, 0.25) is 0 Å². The van der Waals surface area contributed by atoms with Gasteiger partial charge in [0.1, 0.15) is 0 Å². The average Bonchev–Trinajstić information content (AvgIpc) is 1.68. The van der Waals surface area contributed by atoms with Crippen molar-refractivity contribution in [2.75, 3.05) is 0 Å². The average molecular weight is 188 g/mol. The number of urea groups is 1. The summed E-state index contributed by atoms with van der Waals surface area (Å²) in [5.74, 6) is 2.03. The molecule has 0 radical (unpaired) electrons. The van der Waals surface area contributed by atoms with Gasteiger partial charge in [0.05, 0.1) is 0 Å². The number of carbonyl (C=O) groups is 1. The Morgan fingerprint density at radius 2 is 2.43 bits per heavy atom. The van der Waals surface area contributed by atoms with Crippen LogP contribution in [-0.2, 0) is 19.0 Å². The molecule has 0 aromatic carbocycles. The van der Waals surface area contributed by atoms with Gasteiger partial charge in [0, 0.05) is 0 Å². The van der Waals surface area contributed by atoms with Gasteiger partial charge < -0.3 is 0 Å². The first-order valence-corrected chi connectivity index (χ1v) is 2.07. The zero-order chi connectivity index (χ0) is 5.70. The summed E-state index contributed by atoms with van der Waals surface area (Å²) in [5.41, 5.74) is 0. The van der Waals surface area contributed by atoms with Crippen molar-refractivity contribution < 1.29 is 23.8 Å². The van der Waals surface area contributed by atoms with E-state index in [1.165, 1.54) is 0 Å². The standard InChI is InChI=1S/C3H2N2O.Pd/c1-2-5-3(4)6;/h1H2;. The van der Waals surface area contributed by atoms with Gasteiger partial charge in [-0.2, -0.15) is 0 Å². The van der Waals surface area contributed by atoms with Crippen molar-refractivity contribution in [3.05, 3.63) is 6.58 Å². The van der Waals surface area contributed by atoms with Crippen LogP contribution in [0.15, 0.2) is 15.1 Å². The topological polar surface area (TPSA) is 41.8 Å². The van der Waals surface area contributed by atoms with Crippen LogP contribution in [0, 0.1) is 0 Å². The van der Waals surface area contributed by atoms with E-state index in [0.29, 0.717) is 0 Å². The molecular weight excluding hydrogens is 186 g/mol. The van der Waals surface area contributed by atoms with E-state index >= 15 is 0 Å². The fourth-order valence-corrected chi connectivity index (χ4v) is 0.161. The summed E-state index contributed by atoms with van der Waals surface area (Å²) in [4.78, 5) is 13.0.